The number of amides is 4. The first kappa shape index (κ1) is 27.6. The van der Waals surface area contributed by atoms with Crippen molar-refractivity contribution in [1.29, 1.82) is 0 Å². The molecule has 1 aromatic carbocycles. The third kappa shape index (κ3) is 6.19. The molecule has 3 heterocycles. The largest absolute Gasteiger partial charge is 0.351 e. The molecular formula is C28H36N8O3. The Morgan fingerprint density at radius 2 is 1.77 bits per heavy atom. The van der Waals surface area contributed by atoms with Crippen molar-refractivity contribution in [2.75, 3.05) is 45.0 Å². The molecule has 0 fully saturated rings. The van der Waals surface area contributed by atoms with Gasteiger partial charge in [0.05, 0.1) is 5.56 Å². The average molecular weight is 533 g/mol. The Morgan fingerprint density at radius 3 is 2.36 bits per heavy atom. The van der Waals surface area contributed by atoms with Gasteiger partial charge in [-0.1, -0.05) is 26.0 Å². The van der Waals surface area contributed by atoms with Crippen molar-refractivity contribution in [3.8, 4) is 0 Å². The van der Waals surface area contributed by atoms with E-state index in [1.807, 2.05) is 18.2 Å². The summed E-state index contributed by atoms with van der Waals surface area (Å²) in [4.78, 5) is 47.0. The molecule has 1 aliphatic rings. The van der Waals surface area contributed by atoms with Crippen LogP contribution in [-0.4, -0.2) is 77.6 Å². The minimum absolute atomic E-state index is 0.100. The van der Waals surface area contributed by atoms with Crippen LogP contribution in [0, 0.1) is 5.92 Å². The van der Waals surface area contributed by atoms with Gasteiger partial charge < -0.3 is 25.3 Å². The van der Waals surface area contributed by atoms with E-state index >= 15 is 0 Å². The number of hydrogen-bond donors (Lipinski definition) is 3. The lowest BCUT2D eigenvalue weighted by atomic mass is 9.86. The van der Waals surface area contributed by atoms with Gasteiger partial charge in [-0.25, -0.2) is 9.78 Å². The topological polar surface area (TPSA) is 127 Å². The molecule has 0 spiro atoms. The van der Waals surface area contributed by atoms with Crippen molar-refractivity contribution in [2.45, 2.75) is 32.9 Å². The number of nitrogens with one attached hydrogen (secondary N) is 3. The highest BCUT2D eigenvalue weighted by molar-refractivity contribution is 5.94. The molecule has 39 heavy (non-hydrogen) atoms. The molecular weight excluding hydrogens is 496 g/mol. The lowest BCUT2D eigenvalue weighted by molar-refractivity contribution is 0.0826. The van der Waals surface area contributed by atoms with Gasteiger partial charge in [-0.05, 0) is 35.7 Å². The number of hydrogen-bond acceptors (Lipinski definition) is 6. The zero-order valence-corrected chi connectivity index (χ0v) is 23.3. The van der Waals surface area contributed by atoms with Crippen molar-refractivity contribution < 1.29 is 14.4 Å². The van der Waals surface area contributed by atoms with Crippen molar-refractivity contribution in [2.24, 2.45) is 5.92 Å². The first-order valence-electron chi connectivity index (χ1n) is 12.9. The number of aromatic nitrogens is 3. The maximum absolute atomic E-state index is 13.2. The van der Waals surface area contributed by atoms with Crippen LogP contribution in [0.3, 0.4) is 0 Å². The zero-order valence-electron chi connectivity index (χ0n) is 23.3. The predicted octanol–water partition coefficient (Wildman–Crippen LogP) is 3.29. The lowest BCUT2D eigenvalue weighted by Gasteiger charge is -2.35. The van der Waals surface area contributed by atoms with Crippen molar-refractivity contribution in [3.63, 3.8) is 0 Å². The summed E-state index contributed by atoms with van der Waals surface area (Å²) in [6, 6.07) is 10.7. The van der Waals surface area contributed by atoms with Gasteiger partial charge in [0.2, 0.25) is 0 Å². The van der Waals surface area contributed by atoms with Crippen molar-refractivity contribution in [3.05, 3.63) is 70.7 Å². The predicted molar refractivity (Wildman–Crippen MR) is 150 cm³/mol. The molecule has 0 saturated heterocycles. The quantitative estimate of drug-likeness (QED) is 0.429. The number of aromatic amines is 1. The molecule has 0 saturated carbocycles. The number of rotatable bonds is 7. The van der Waals surface area contributed by atoms with Gasteiger partial charge in [0.25, 0.3) is 11.8 Å². The minimum Gasteiger partial charge on any atom is -0.351 e. The van der Waals surface area contributed by atoms with Gasteiger partial charge in [-0.2, -0.15) is 5.10 Å². The monoisotopic (exact) mass is 532 g/mol. The molecule has 0 aliphatic carbocycles. The SMILES string of the molecule is CC(C)[C@@H]1CN(c2ccc(C(=O)N(C)C)cn2)Cc2c(C(=O)NCc3ccc(NC(=O)N(C)C)cc3)n[nH]c21. The van der Waals surface area contributed by atoms with Crippen LogP contribution in [0.2, 0.25) is 0 Å². The fourth-order valence-electron chi connectivity index (χ4n) is 4.50. The Balaban J connectivity index is 1.48. The fraction of sp³-hybridized carbons (Fsp3) is 0.393. The van der Waals surface area contributed by atoms with Gasteiger partial charge in [-0.15, -0.1) is 0 Å². The van der Waals surface area contributed by atoms with Crippen LogP contribution in [0.1, 0.15) is 57.4 Å². The number of benzene rings is 1. The van der Waals surface area contributed by atoms with Crippen LogP contribution in [0.15, 0.2) is 42.6 Å². The van der Waals surface area contributed by atoms with E-state index in [2.05, 4.69) is 44.6 Å². The molecule has 206 valence electrons. The Hall–Kier alpha value is -4.41. The summed E-state index contributed by atoms with van der Waals surface area (Å²) in [5.41, 5.74) is 4.31. The molecule has 3 aromatic rings. The molecule has 1 aliphatic heterocycles. The second-order valence-electron chi connectivity index (χ2n) is 10.5. The van der Waals surface area contributed by atoms with Gasteiger partial charge in [0.1, 0.15) is 5.82 Å². The number of carbonyl (C=O) groups excluding carboxylic acids is 3. The van der Waals surface area contributed by atoms with Crippen LogP contribution >= 0.6 is 0 Å². The molecule has 0 bridgehead atoms. The number of pyridine rings is 1. The first-order valence-corrected chi connectivity index (χ1v) is 12.9. The zero-order chi connectivity index (χ0) is 28.3. The molecule has 4 rings (SSSR count). The van der Waals surface area contributed by atoms with Crippen LogP contribution in [0.5, 0.6) is 0 Å². The number of urea groups is 1. The van der Waals surface area contributed by atoms with Gasteiger partial charge in [0, 0.05) is 76.9 Å². The number of nitrogens with zero attached hydrogens (tertiary/aromatic N) is 5. The number of fused-ring (bicyclic) bond motifs is 1. The fourth-order valence-corrected chi connectivity index (χ4v) is 4.50. The highest BCUT2D eigenvalue weighted by Gasteiger charge is 2.34. The number of H-pyrrole nitrogens is 1. The van der Waals surface area contributed by atoms with Crippen LogP contribution in [0.4, 0.5) is 16.3 Å². The highest BCUT2D eigenvalue weighted by atomic mass is 16.2. The first-order chi connectivity index (χ1) is 18.5. The molecule has 1 atom stereocenters. The Morgan fingerprint density at radius 1 is 1.05 bits per heavy atom. The molecule has 0 radical (unpaired) electrons. The summed E-state index contributed by atoms with van der Waals surface area (Å²) in [5.74, 6) is 0.829. The summed E-state index contributed by atoms with van der Waals surface area (Å²) in [7, 11) is 6.77. The second kappa shape index (κ2) is 11.5. The molecule has 4 amide bonds. The molecule has 2 aromatic heterocycles. The van der Waals surface area contributed by atoms with Crippen molar-refractivity contribution >= 4 is 29.4 Å². The van der Waals surface area contributed by atoms with E-state index < -0.39 is 0 Å². The van der Waals surface area contributed by atoms with Gasteiger partial charge >= 0.3 is 6.03 Å². The molecule has 0 unspecified atom stereocenters. The van der Waals surface area contributed by atoms with Gasteiger partial charge in [0.15, 0.2) is 5.69 Å². The maximum Gasteiger partial charge on any atom is 0.321 e. The summed E-state index contributed by atoms with van der Waals surface area (Å²) >= 11 is 0. The smallest absolute Gasteiger partial charge is 0.321 e. The van der Waals surface area contributed by atoms with E-state index in [0.29, 0.717) is 36.0 Å². The van der Waals surface area contributed by atoms with Crippen LogP contribution < -0.4 is 15.5 Å². The van der Waals surface area contributed by atoms with E-state index in [4.69, 9.17) is 0 Å². The van der Waals surface area contributed by atoms with E-state index in [1.54, 1.807) is 52.6 Å². The second-order valence-corrected chi connectivity index (χ2v) is 10.5. The number of anilines is 2. The third-order valence-electron chi connectivity index (χ3n) is 6.85. The normalized spacial score (nSPS) is 14.5. The summed E-state index contributed by atoms with van der Waals surface area (Å²) in [6.07, 6.45) is 1.59. The summed E-state index contributed by atoms with van der Waals surface area (Å²) in [5, 5.41) is 13.3. The Kier molecular flexibility index (Phi) is 8.18. The summed E-state index contributed by atoms with van der Waals surface area (Å²) in [6.45, 7) is 5.82. The lowest BCUT2D eigenvalue weighted by Crippen LogP contribution is -2.37. The van der Waals surface area contributed by atoms with E-state index in [9.17, 15) is 14.4 Å². The number of carbonyl (C=O) groups is 3. The van der Waals surface area contributed by atoms with Crippen molar-refractivity contribution in [1.82, 2.24) is 30.3 Å². The van der Waals surface area contributed by atoms with E-state index in [0.717, 1.165) is 29.2 Å². The Labute approximate surface area is 228 Å². The minimum atomic E-state index is -0.262. The molecule has 11 nitrogen and oxygen atoms in total. The highest BCUT2D eigenvalue weighted by Crippen LogP contribution is 2.35. The summed E-state index contributed by atoms with van der Waals surface area (Å²) < 4.78 is 0. The molecule has 3 N–H and O–H groups in total. The van der Waals surface area contributed by atoms with Crippen LogP contribution in [0.25, 0.3) is 0 Å². The van der Waals surface area contributed by atoms with E-state index in [-0.39, 0.29) is 23.8 Å². The standard InChI is InChI=1S/C28H36N8O3/c1-17(2)21-15-36(23-12-9-19(14-29-23)27(38)34(3)4)16-22-24(21)32-33-25(22)26(37)30-13-18-7-10-20(11-8-18)31-28(39)35(5)6/h7-12,14,17,21H,13,15-16H2,1-6H3,(H,30,37)(H,31,39)(H,32,33)/t21-/m0/s1. The Bertz CT molecular complexity index is 1330. The molecule has 11 heteroatoms. The van der Waals surface area contributed by atoms with Gasteiger partial charge in [-0.3, -0.25) is 14.7 Å². The van der Waals surface area contributed by atoms with E-state index in [1.165, 1.54) is 9.80 Å². The maximum atomic E-state index is 13.2. The third-order valence-corrected chi connectivity index (χ3v) is 6.85. The average Bonchev–Trinajstić information content (AvgIpc) is 3.35. The van der Waals surface area contributed by atoms with Crippen LogP contribution in [-0.2, 0) is 13.1 Å².